The average molecular weight is 306 g/mol. The largest absolute Gasteiger partial charge is 0.369 e. The summed E-state index contributed by atoms with van der Waals surface area (Å²) in [6.07, 6.45) is 0. The third kappa shape index (κ3) is 6.22. The highest BCUT2D eigenvalue weighted by molar-refractivity contribution is 8.03. The molecule has 18 heavy (non-hydrogen) atoms. The predicted molar refractivity (Wildman–Crippen MR) is 73.8 cm³/mol. The smallest absolute Gasteiger partial charge is 0.230 e. The number of nitrogens with one attached hydrogen (secondary N) is 1. The number of aromatic nitrogens is 2. The first-order valence-electron chi connectivity index (χ1n) is 5.14. The van der Waals surface area contributed by atoms with Gasteiger partial charge >= 0.3 is 0 Å². The van der Waals surface area contributed by atoms with Crippen LogP contribution in [0.3, 0.4) is 0 Å². The summed E-state index contributed by atoms with van der Waals surface area (Å²) in [5.41, 5.74) is 5.03. The van der Waals surface area contributed by atoms with Crippen LogP contribution in [0.25, 0.3) is 0 Å². The van der Waals surface area contributed by atoms with E-state index in [1.54, 1.807) is 0 Å². The molecule has 0 saturated carbocycles. The first-order chi connectivity index (χ1) is 8.47. The number of hydrogen-bond acceptors (Lipinski definition) is 7. The number of carbonyl (C=O) groups excluding carboxylic acids is 2. The van der Waals surface area contributed by atoms with Crippen molar-refractivity contribution >= 4 is 46.7 Å². The van der Waals surface area contributed by atoms with Gasteiger partial charge in [-0.05, 0) is 13.8 Å². The Labute approximate surface area is 117 Å². The number of carbonyl (C=O) groups is 2. The van der Waals surface area contributed by atoms with Gasteiger partial charge in [-0.15, -0.1) is 10.2 Å². The summed E-state index contributed by atoms with van der Waals surface area (Å²) in [7, 11) is 0. The molecule has 0 unspecified atom stereocenters. The molecule has 1 aromatic heterocycles. The molecule has 0 aliphatic heterocycles. The molecule has 0 aromatic carbocycles. The molecule has 0 spiro atoms. The normalized spacial score (nSPS) is 10.6. The summed E-state index contributed by atoms with van der Waals surface area (Å²) in [5, 5.41) is 10.6. The van der Waals surface area contributed by atoms with Gasteiger partial charge in [-0.3, -0.25) is 9.59 Å². The van der Waals surface area contributed by atoms with E-state index in [2.05, 4.69) is 15.5 Å². The third-order valence-electron chi connectivity index (χ3n) is 1.50. The number of primary amides is 1. The predicted octanol–water partition coefficient (Wildman–Crippen LogP) is 0.732. The molecule has 9 heteroatoms. The van der Waals surface area contributed by atoms with Crippen molar-refractivity contribution in [3.63, 3.8) is 0 Å². The van der Waals surface area contributed by atoms with Gasteiger partial charge in [0.05, 0.1) is 11.5 Å². The fourth-order valence-corrected chi connectivity index (χ4v) is 3.51. The van der Waals surface area contributed by atoms with Crippen LogP contribution in [-0.2, 0) is 9.59 Å². The summed E-state index contributed by atoms with van der Waals surface area (Å²) >= 11 is 3.93. The van der Waals surface area contributed by atoms with Gasteiger partial charge in [-0.25, -0.2) is 0 Å². The van der Waals surface area contributed by atoms with Gasteiger partial charge in [0.2, 0.25) is 11.8 Å². The van der Waals surface area contributed by atoms with Gasteiger partial charge in [0.25, 0.3) is 0 Å². The zero-order chi connectivity index (χ0) is 13.5. The molecular formula is C9H14N4O2S3. The molecular weight excluding hydrogens is 292 g/mol. The lowest BCUT2D eigenvalue weighted by Gasteiger charge is -2.06. The number of nitrogens with two attached hydrogens (primary N) is 1. The molecule has 1 aromatic rings. The molecule has 0 saturated heterocycles. The molecule has 0 atom stereocenters. The molecule has 0 fully saturated rings. The second kappa shape index (κ2) is 7.59. The van der Waals surface area contributed by atoms with Crippen molar-refractivity contribution in [2.45, 2.75) is 28.6 Å². The van der Waals surface area contributed by atoms with Gasteiger partial charge in [0, 0.05) is 6.04 Å². The van der Waals surface area contributed by atoms with Crippen molar-refractivity contribution in [2.24, 2.45) is 5.73 Å². The van der Waals surface area contributed by atoms with Crippen LogP contribution in [0.4, 0.5) is 0 Å². The van der Waals surface area contributed by atoms with Crippen molar-refractivity contribution in [3.8, 4) is 0 Å². The highest BCUT2D eigenvalue weighted by Gasteiger charge is 2.09. The average Bonchev–Trinajstić information content (AvgIpc) is 2.70. The van der Waals surface area contributed by atoms with E-state index in [4.69, 9.17) is 5.73 Å². The molecule has 100 valence electrons. The summed E-state index contributed by atoms with van der Waals surface area (Å²) in [5.74, 6) is 0.0812. The van der Waals surface area contributed by atoms with Crippen LogP contribution >= 0.6 is 34.9 Å². The molecule has 0 radical (unpaired) electrons. The summed E-state index contributed by atoms with van der Waals surface area (Å²) < 4.78 is 1.39. The van der Waals surface area contributed by atoms with Crippen LogP contribution in [0, 0.1) is 0 Å². The zero-order valence-electron chi connectivity index (χ0n) is 10.0. The fourth-order valence-electron chi connectivity index (χ4n) is 0.938. The van der Waals surface area contributed by atoms with E-state index < -0.39 is 0 Å². The van der Waals surface area contributed by atoms with Gasteiger partial charge < -0.3 is 11.1 Å². The van der Waals surface area contributed by atoms with Crippen molar-refractivity contribution in [1.82, 2.24) is 15.5 Å². The monoisotopic (exact) mass is 306 g/mol. The van der Waals surface area contributed by atoms with Crippen LogP contribution in [0.5, 0.6) is 0 Å². The van der Waals surface area contributed by atoms with Crippen molar-refractivity contribution in [3.05, 3.63) is 0 Å². The molecule has 0 bridgehead atoms. The molecule has 3 N–H and O–H groups in total. The minimum atomic E-state index is -0.388. The second-order valence-electron chi connectivity index (χ2n) is 3.60. The lowest BCUT2D eigenvalue weighted by Crippen LogP contribution is -2.31. The van der Waals surface area contributed by atoms with Gasteiger partial charge in [0.15, 0.2) is 8.68 Å². The van der Waals surface area contributed by atoms with Crippen LogP contribution in [0.2, 0.25) is 0 Å². The Kier molecular flexibility index (Phi) is 6.44. The summed E-state index contributed by atoms with van der Waals surface area (Å²) in [6.45, 7) is 3.82. The lowest BCUT2D eigenvalue weighted by atomic mass is 10.4. The maximum Gasteiger partial charge on any atom is 0.230 e. The van der Waals surface area contributed by atoms with E-state index in [0.717, 1.165) is 0 Å². The Morgan fingerprint density at radius 2 is 1.83 bits per heavy atom. The van der Waals surface area contributed by atoms with E-state index in [0.29, 0.717) is 14.4 Å². The van der Waals surface area contributed by atoms with E-state index in [1.165, 1.54) is 34.9 Å². The third-order valence-corrected chi connectivity index (χ3v) is 4.71. The van der Waals surface area contributed by atoms with Gasteiger partial charge in [0.1, 0.15) is 0 Å². The number of amides is 2. The Balaban J connectivity index is 2.35. The van der Waals surface area contributed by atoms with Crippen molar-refractivity contribution in [2.75, 3.05) is 11.5 Å². The van der Waals surface area contributed by atoms with Crippen molar-refractivity contribution in [1.29, 1.82) is 0 Å². The maximum absolute atomic E-state index is 11.4. The van der Waals surface area contributed by atoms with E-state index in [9.17, 15) is 9.59 Å². The Morgan fingerprint density at radius 3 is 2.33 bits per heavy atom. The zero-order valence-corrected chi connectivity index (χ0v) is 12.5. The minimum Gasteiger partial charge on any atom is -0.369 e. The quantitative estimate of drug-likeness (QED) is 0.721. The van der Waals surface area contributed by atoms with E-state index in [-0.39, 0.29) is 23.6 Å². The van der Waals surface area contributed by atoms with Gasteiger partial charge in [-0.2, -0.15) is 0 Å². The van der Waals surface area contributed by atoms with E-state index in [1.807, 2.05) is 13.8 Å². The number of thioether (sulfide) groups is 2. The van der Waals surface area contributed by atoms with Gasteiger partial charge in [-0.1, -0.05) is 34.9 Å². The Morgan fingerprint density at radius 1 is 1.28 bits per heavy atom. The molecule has 0 aliphatic carbocycles. The second-order valence-corrected chi connectivity index (χ2v) is 7.02. The number of nitrogens with zero attached hydrogens (tertiary/aromatic N) is 2. The summed E-state index contributed by atoms with van der Waals surface area (Å²) in [4.78, 5) is 22.0. The highest BCUT2D eigenvalue weighted by Crippen LogP contribution is 2.28. The molecule has 2 amide bonds. The van der Waals surface area contributed by atoms with Crippen LogP contribution in [0.1, 0.15) is 13.8 Å². The Hall–Kier alpha value is -0.800. The van der Waals surface area contributed by atoms with Crippen molar-refractivity contribution < 1.29 is 9.59 Å². The summed E-state index contributed by atoms with van der Waals surface area (Å²) in [6, 6.07) is 0.134. The molecule has 1 rings (SSSR count). The lowest BCUT2D eigenvalue weighted by molar-refractivity contribution is -0.119. The maximum atomic E-state index is 11.4. The van der Waals surface area contributed by atoms with E-state index >= 15 is 0 Å². The highest BCUT2D eigenvalue weighted by atomic mass is 32.2. The van der Waals surface area contributed by atoms with Crippen LogP contribution in [-0.4, -0.2) is 39.6 Å². The Bertz CT molecular complexity index is 422. The molecule has 6 nitrogen and oxygen atoms in total. The number of hydrogen-bond donors (Lipinski definition) is 2. The molecule has 1 heterocycles. The fraction of sp³-hybridized carbons (Fsp3) is 0.556. The SMILES string of the molecule is CC(C)NC(=O)CSc1nnc(SCC(N)=O)s1. The van der Waals surface area contributed by atoms with Crippen LogP contribution in [0.15, 0.2) is 8.68 Å². The number of rotatable bonds is 7. The first-order valence-corrected chi connectivity index (χ1v) is 7.93. The standard InChI is InChI=1S/C9H14N4O2S3/c1-5(2)11-7(15)4-17-9-13-12-8(18-9)16-3-6(10)14/h5H,3-4H2,1-2H3,(H2,10,14)(H,11,15). The topological polar surface area (TPSA) is 98.0 Å². The first kappa shape index (κ1) is 15.3. The minimum absolute atomic E-state index is 0.0310. The molecule has 0 aliphatic rings. The van der Waals surface area contributed by atoms with Crippen LogP contribution < -0.4 is 11.1 Å².